The van der Waals surface area contributed by atoms with Gasteiger partial charge in [0.15, 0.2) is 6.29 Å². The van der Waals surface area contributed by atoms with Crippen molar-refractivity contribution in [3.63, 3.8) is 0 Å². The van der Waals surface area contributed by atoms with E-state index in [0.717, 1.165) is 38.8 Å². The number of aliphatic hydroxyl groups is 2. The van der Waals surface area contributed by atoms with E-state index in [1.807, 2.05) is 20.8 Å². The van der Waals surface area contributed by atoms with E-state index in [0.29, 0.717) is 49.3 Å². The van der Waals surface area contributed by atoms with E-state index in [1.165, 1.54) is 25.7 Å². The smallest absolute Gasteiger partial charge is 0.303 e. The minimum Gasteiger partial charge on any atom is -0.481 e. The summed E-state index contributed by atoms with van der Waals surface area (Å²) in [6.45, 7) is 21.2. The Morgan fingerprint density at radius 3 is 2.47 bits per heavy atom. The van der Waals surface area contributed by atoms with Crippen molar-refractivity contribution in [1.29, 1.82) is 0 Å². The summed E-state index contributed by atoms with van der Waals surface area (Å²) < 4.78 is 26.1. The number of aliphatic carboxylic acids is 1. The fraction of sp³-hybridized carbons (Fsp3) is 0.975. The van der Waals surface area contributed by atoms with Gasteiger partial charge in [0.2, 0.25) is 0 Å². The first-order valence-corrected chi connectivity index (χ1v) is 19.8. The lowest BCUT2D eigenvalue weighted by Gasteiger charge is -2.64. The number of rotatable bonds is 10. The summed E-state index contributed by atoms with van der Waals surface area (Å²) in [4.78, 5) is 13.3. The molecular weight excluding hydrogens is 622 g/mol. The predicted molar refractivity (Wildman–Crippen MR) is 186 cm³/mol. The van der Waals surface area contributed by atoms with Crippen LogP contribution in [0.25, 0.3) is 0 Å². The zero-order chi connectivity index (χ0) is 35.4. The van der Waals surface area contributed by atoms with Crippen molar-refractivity contribution < 1.29 is 39.1 Å². The number of carboxylic acid groups (broad SMARTS) is 1. The van der Waals surface area contributed by atoms with Gasteiger partial charge in [0.1, 0.15) is 6.10 Å². The lowest BCUT2D eigenvalue weighted by atomic mass is 9.41. The van der Waals surface area contributed by atoms with Crippen LogP contribution in [-0.4, -0.2) is 101 Å². The molecule has 0 aromatic heterocycles. The molecule has 7 fully saturated rings. The standard InChI is InChI=1S/C40H67NO8/c1-9-46-34(36(5,6)45)25-21-24(2)31-32(48-25)33(44)38(8)27-13-12-26-35(3,4)28(14-15-39(26)23-40(27,39)17-16-37(31,38)7)49-30-22-41(19-20-47-30)18-10-11-29(42)43/h24-28,30-34,44-45H,9-23H2,1-8H3,(H,42,43)/t24-,25-,26+,27+,28+,30+,31+,32+,33+,34+,37-,38-,39-,40+/m1/s1. The van der Waals surface area contributed by atoms with Gasteiger partial charge in [0.25, 0.3) is 0 Å². The van der Waals surface area contributed by atoms with Crippen LogP contribution in [0.5, 0.6) is 0 Å². The Bertz CT molecular complexity index is 1250. The Labute approximate surface area is 295 Å². The van der Waals surface area contributed by atoms with Gasteiger partial charge in [-0.25, -0.2) is 0 Å². The first kappa shape index (κ1) is 36.5. The van der Waals surface area contributed by atoms with Gasteiger partial charge in [-0.1, -0.05) is 34.6 Å². The van der Waals surface area contributed by atoms with E-state index in [9.17, 15) is 15.0 Å². The summed E-state index contributed by atoms with van der Waals surface area (Å²) in [7, 11) is 0. The molecular formula is C40H67NO8. The Hall–Kier alpha value is -0.810. The number of morpholine rings is 1. The van der Waals surface area contributed by atoms with Crippen LogP contribution in [0.15, 0.2) is 0 Å². The summed E-state index contributed by atoms with van der Waals surface area (Å²) in [5, 5.41) is 32.7. The van der Waals surface area contributed by atoms with Gasteiger partial charge in [-0.2, -0.15) is 0 Å². The molecule has 0 aromatic rings. The van der Waals surface area contributed by atoms with Gasteiger partial charge in [0, 0.05) is 31.5 Å². The number of ether oxygens (including phenoxy) is 4. The molecule has 0 bridgehead atoms. The Kier molecular flexibility index (Phi) is 9.23. The first-order chi connectivity index (χ1) is 23.0. The van der Waals surface area contributed by atoms with Gasteiger partial charge in [-0.05, 0) is 130 Å². The van der Waals surface area contributed by atoms with Crippen LogP contribution in [0.4, 0.5) is 0 Å². The molecule has 2 heterocycles. The van der Waals surface area contributed by atoms with Crippen LogP contribution in [0.2, 0.25) is 0 Å². The SMILES string of the molecule is CCO[C@@H]([C@H]1C[C@@H](C)[C@H]2[C@H](O1)[C@H](O)[C@@]1(C)[C@@H]3CC[C@H]4C(C)(C)[C@@H](O[C@H]5CN(CCCC(=O)O)CCO5)CC[C@@]45C[C@@]35CC[C@]21C)C(C)(C)O. The molecule has 5 aliphatic carbocycles. The van der Waals surface area contributed by atoms with Crippen LogP contribution < -0.4 is 0 Å². The number of aliphatic hydroxyl groups excluding tert-OH is 1. The lowest BCUT2D eigenvalue weighted by Crippen LogP contribution is -2.60. The molecule has 0 unspecified atom stereocenters. The molecule has 0 aromatic carbocycles. The fourth-order valence-electron chi connectivity index (χ4n) is 14.3. The van der Waals surface area contributed by atoms with E-state index >= 15 is 0 Å². The number of hydrogen-bond acceptors (Lipinski definition) is 8. The number of fused-ring (bicyclic) bond motifs is 4. The molecule has 9 heteroatoms. The number of hydrogen-bond donors (Lipinski definition) is 3. The number of nitrogens with zero attached hydrogens (tertiary/aromatic N) is 1. The number of carbonyl (C=O) groups is 1. The van der Waals surface area contributed by atoms with Crippen LogP contribution in [0.1, 0.15) is 120 Å². The van der Waals surface area contributed by atoms with E-state index in [-0.39, 0.29) is 58.6 Å². The topological polar surface area (TPSA) is 118 Å². The van der Waals surface area contributed by atoms with E-state index < -0.39 is 23.8 Å². The Morgan fingerprint density at radius 1 is 1.06 bits per heavy atom. The van der Waals surface area contributed by atoms with Crippen molar-refractivity contribution in [3.8, 4) is 0 Å². The Morgan fingerprint density at radius 2 is 1.78 bits per heavy atom. The zero-order valence-electron chi connectivity index (χ0n) is 31.7. The quantitative estimate of drug-likeness (QED) is 0.258. The molecule has 7 aliphatic rings. The van der Waals surface area contributed by atoms with Crippen LogP contribution in [-0.2, 0) is 23.7 Å². The van der Waals surface area contributed by atoms with E-state index in [2.05, 4.69) is 39.5 Å². The summed E-state index contributed by atoms with van der Waals surface area (Å²) in [5.41, 5.74) is -0.669. The van der Waals surface area contributed by atoms with Gasteiger partial charge >= 0.3 is 5.97 Å². The van der Waals surface area contributed by atoms with Gasteiger partial charge in [-0.15, -0.1) is 0 Å². The molecule has 7 rings (SSSR count). The van der Waals surface area contributed by atoms with Gasteiger partial charge in [0.05, 0.1) is 36.6 Å². The van der Waals surface area contributed by atoms with Crippen LogP contribution in [0.3, 0.4) is 0 Å². The van der Waals surface area contributed by atoms with Gasteiger partial charge < -0.3 is 34.3 Å². The Balaban J connectivity index is 1.08. The largest absolute Gasteiger partial charge is 0.481 e. The third-order valence-corrected chi connectivity index (χ3v) is 16.4. The van der Waals surface area contributed by atoms with Gasteiger partial charge in [-0.3, -0.25) is 9.69 Å². The lowest BCUT2D eigenvalue weighted by molar-refractivity contribution is -0.248. The molecule has 49 heavy (non-hydrogen) atoms. The second-order valence-electron chi connectivity index (χ2n) is 19.3. The fourth-order valence-corrected chi connectivity index (χ4v) is 14.3. The molecule has 3 N–H and O–H groups in total. The highest BCUT2D eigenvalue weighted by atomic mass is 16.7. The second-order valence-corrected chi connectivity index (χ2v) is 19.3. The monoisotopic (exact) mass is 689 g/mol. The van der Waals surface area contributed by atoms with Crippen molar-refractivity contribution >= 4 is 5.97 Å². The van der Waals surface area contributed by atoms with Crippen LogP contribution >= 0.6 is 0 Å². The van der Waals surface area contributed by atoms with E-state index in [1.54, 1.807) is 0 Å². The molecule has 14 atom stereocenters. The van der Waals surface area contributed by atoms with E-state index in [4.69, 9.17) is 24.1 Å². The molecule has 0 amide bonds. The normalized spacial score (nSPS) is 49.6. The highest BCUT2D eigenvalue weighted by Gasteiger charge is 2.84. The third kappa shape index (κ3) is 5.35. The molecule has 0 radical (unpaired) electrons. The minimum atomic E-state index is -1.03. The van der Waals surface area contributed by atoms with Crippen molar-refractivity contribution in [2.24, 2.45) is 50.7 Å². The molecule has 2 aliphatic heterocycles. The molecule has 2 saturated heterocycles. The molecule has 2 spiro atoms. The highest BCUT2D eigenvalue weighted by Crippen LogP contribution is 2.89. The van der Waals surface area contributed by atoms with Crippen molar-refractivity contribution in [2.75, 3.05) is 32.8 Å². The second kappa shape index (κ2) is 12.4. The maximum Gasteiger partial charge on any atom is 0.303 e. The molecule has 5 saturated carbocycles. The predicted octanol–water partition coefficient (Wildman–Crippen LogP) is 5.88. The average Bonchev–Trinajstić information content (AvgIpc) is 3.65. The summed E-state index contributed by atoms with van der Waals surface area (Å²) in [5.74, 6) is 0.972. The first-order valence-electron chi connectivity index (χ1n) is 19.8. The van der Waals surface area contributed by atoms with Crippen LogP contribution in [0, 0.1) is 50.7 Å². The summed E-state index contributed by atoms with van der Waals surface area (Å²) in [6.07, 6.45) is 8.31. The minimum absolute atomic E-state index is 0.00562. The molecule has 280 valence electrons. The zero-order valence-corrected chi connectivity index (χ0v) is 31.7. The van der Waals surface area contributed by atoms with Crippen molar-refractivity contribution in [3.05, 3.63) is 0 Å². The number of carboxylic acids is 1. The van der Waals surface area contributed by atoms with Crippen molar-refractivity contribution in [2.45, 2.75) is 162 Å². The maximum absolute atomic E-state index is 12.6. The molecule has 9 nitrogen and oxygen atoms in total. The maximum atomic E-state index is 12.6. The average molecular weight is 690 g/mol. The highest BCUT2D eigenvalue weighted by molar-refractivity contribution is 5.66. The summed E-state index contributed by atoms with van der Waals surface area (Å²) in [6, 6.07) is 0. The third-order valence-electron chi connectivity index (χ3n) is 16.4. The van der Waals surface area contributed by atoms with Crippen molar-refractivity contribution in [1.82, 2.24) is 4.90 Å². The summed E-state index contributed by atoms with van der Waals surface area (Å²) >= 11 is 0.